The summed E-state index contributed by atoms with van der Waals surface area (Å²) in [5.41, 5.74) is 1.69. The lowest BCUT2D eigenvalue weighted by atomic mass is 10.1. The Labute approximate surface area is 180 Å². The number of amides is 1. The molecule has 2 N–H and O–H groups in total. The Kier molecular flexibility index (Phi) is 10.2. The SMILES string of the molecule is CCCCCCCOc1ccc(C(=O)NC(=S)NC(CC)c2ccccc2)cc1. The summed E-state index contributed by atoms with van der Waals surface area (Å²) in [7, 11) is 0. The van der Waals surface area contributed by atoms with Crippen LogP contribution >= 0.6 is 12.2 Å². The van der Waals surface area contributed by atoms with E-state index < -0.39 is 0 Å². The highest BCUT2D eigenvalue weighted by Gasteiger charge is 2.13. The summed E-state index contributed by atoms with van der Waals surface area (Å²) in [5, 5.41) is 6.31. The van der Waals surface area contributed by atoms with Crippen molar-refractivity contribution in [2.75, 3.05) is 6.61 Å². The van der Waals surface area contributed by atoms with Crippen LogP contribution in [0, 0.1) is 0 Å². The van der Waals surface area contributed by atoms with Gasteiger partial charge in [-0.25, -0.2) is 0 Å². The standard InChI is InChI=1S/C24H32N2O2S/c1-3-5-6-7-11-18-28-21-16-14-20(15-17-21)23(27)26-24(29)25-22(4-2)19-12-9-8-10-13-19/h8-10,12-17,22H,3-7,11,18H2,1-2H3,(H2,25,26,27,29). The number of ether oxygens (including phenoxy) is 1. The number of thiocarbonyl (C=S) groups is 1. The van der Waals surface area contributed by atoms with Crippen molar-refractivity contribution in [3.8, 4) is 5.75 Å². The fourth-order valence-corrected chi connectivity index (χ4v) is 3.31. The van der Waals surface area contributed by atoms with Gasteiger partial charge in [0.2, 0.25) is 0 Å². The van der Waals surface area contributed by atoms with Crippen LogP contribution < -0.4 is 15.4 Å². The van der Waals surface area contributed by atoms with E-state index in [4.69, 9.17) is 17.0 Å². The third-order valence-corrected chi connectivity index (χ3v) is 5.00. The molecule has 1 atom stereocenters. The molecule has 0 radical (unpaired) electrons. The van der Waals surface area contributed by atoms with Gasteiger partial charge in [-0.3, -0.25) is 10.1 Å². The molecule has 0 aromatic heterocycles. The first-order chi connectivity index (χ1) is 14.1. The summed E-state index contributed by atoms with van der Waals surface area (Å²) in [6, 6.07) is 17.3. The number of carbonyl (C=O) groups is 1. The Hall–Kier alpha value is -2.40. The van der Waals surface area contributed by atoms with Crippen LogP contribution in [-0.4, -0.2) is 17.6 Å². The van der Waals surface area contributed by atoms with Gasteiger partial charge in [0.25, 0.3) is 5.91 Å². The minimum Gasteiger partial charge on any atom is -0.494 e. The van der Waals surface area contributed by atoms with Crippen molar-refractivity contribution in [2.24, 2.45) is 0 Å². The number of carbonyl (C=O) groups excluding carboxylic acids is 1. The van der Waals surface area contributed by atoms with Gasteiger partial charge in [0.1, 0.15) is 5.75 Å². The number of rotatable bonds is 11. The lowest BCUT2D eigenvalue weighted by molar-refractivity contribution is 0.0976. The molecule has 2 rings (SSSR count). The number of benzene rings is 2. The molecule has 0 saturated heterocycles. The van der Waals surface area contributed by atoms with Crippen molar-refractivity contribution < 1.29 is 9.53 Å². The van der Waals surface area contributed by atoms with Gasteiger partial charge in [-0.2, -0.15) is 0 Å². The lowest BCUT2D eigenvalue weighted by Crippen LogP contribution is -2.40. The fourth-order valence-electron chi connectivity index (χ4n) is 3.07. The average Bonchev–Trinajstić information content (AvgIpc) is 2.75. The van der Waals surface area contributed by atoms with Crippen LogP contribution in [0.5, 0.6) is 5.75 Å². The van der Waals surface area contributed by atoms with Crippen molar-refractivity contribution >= 4 is 23.2 Å². The van der Waals surface area contributed by atoms with Crippen molar-refractivity contribution in [1.82, 2.24) is 10.6 Å². The zero-order valence-corrected chi connectivity index (χ0v) is 18.3. The molecule has 0 aliphatic carbocycles. The van der Waals surface area contributed by atoms with Crippen LogP contribution in [0.1, 0.15) is 74.3 Å². The Morgan fingerprint density at radius 2 is 1.66 bits per heavy atom. The summed E-state index contributed by atoms with van der Waals surface area (Å²) in [6.07, 6.45) is 6.91. The van der Waals surface area contributed by atoms with Crippen LogP contribution in [0.15, 0.2) is 54.6 Å². The molecule has 156 valence electrons. The van der Waals surface area contributed by atoms with E-state index in [-0.39, 0.29) is 11.9 Å². The quantitative estimate of drug-likeness (QED) is 0.362. The largest absolute Gasteiger partial charge is 0.494 e. The van der Waals surface area contributed by atoms with Gasteiger partial charge in [-0.15, -0.1) is 0 Å². The Bertz CT molecular complexity index is 747. The Balaban J connectivity index is 1.78. The molecule has 0 aliphatic rings. The predicted molar refractivity (Wildman–Crippen MR) is 123 cm³/mol. The van der Waals surface area contributed by atoms with E-state index in [0.29, 0.717) is 17.3 Å². The minimum absolute atomic E-state index is 0.0668. The van der Waals surface area contributed by atoms with Gasteiger partial charge in [-0.05, 0) is 54.9 Å². The second-order valence-electron chi connectivity index (χ2n) is 7.09. The molecular formula is C24H32N2O2S. The van der Waals surface area contributed by atoms with Gasteiger partial charge in [0, 0.05) is 5.56 Å². The molecule has 0 fully saturated rings. The molecule has 2 aromatic rings. The maximum atomic E-state index is 12.5. The van der Waals surface area contributed by atoms with Crippen molar-refractivity contribution in [2.45, 2.75) is 58.4 Å². The molecule has 0 saturated carbocycles. The Morgan fingerprint density at radius 3 is 2.31 bits per heavy atom. The average molecular weight is 413 g/mol. The van der Waals surface area contributed by atoms with Crippen molar-refractivity contribution in [1.29, 1.82) is 0 Å². The lowest BCUT2D eigenvalue weighted by Gasteiger charge is -2.19. The molecule has 1 amide bonds. The number of unbranched alkanes of at least 4 members (excludes halogenated alkanes) is 4. The summed E-state index contributed by atoms with van der Waals surface area (Å²) in [4.78, 5) is 12.5. The summed E-state index contributed by atoms with van der Waals surface area (Å²) in [6.45, 7) is 5.00. The van der Waals surface area contributed by atoms with E-state index in [1.165, 1.54) is 25.7 Å². The summed E-state index contributed by atoms with van der Waals surface area (Å²) in [5.74, 6) is 0.560. The monoisotopic (exact) mass is 412 g/mol. The molecule has 0 spiro atoms. The van der Waals surface area contributed by atoms with Crippen molar-refractivity contribution in [3.05, 3.63) is 65.7 Å². The molecule has 0 aliphatic heterocycles. The van der Waals surface area contributed by atoms with Crippen LogP contribution in [0.4, 0.5) is 0 Å². The normalized spacial score (nSPS) is 11.5. The van der Waals surface area contributed by atoms with Crippen LogP contribution in [0.3, 0.4) is 0 Å². The topological polar surface area (TPSA) is 50.4 Å². The minimum atomic E-state index is -0.225. The second kappa shape index (κ2) is 12.9. The van der Waals surface area contributed by atoms with Crippen LogP contribution in [0.2, 0.25) is 0 Å². The molecule has 29 heavy (non-hydrogen) atoms. The first-order valence-electron chi connectivity index (χ1n) is 10.5. The van der Waals surface area contributed by atoms with E-state index in [1.807, 2.05) is 42.5 Å². The van der Waals surface area contributed by atoms with E-state index in [9.17, 15) is 4.79 Å². The maximum absolute atomic E-state index is 12.5. The van der Waals surface area contributed by atoms with Gasteiger partial charge < -0.3 is 10.1 Å². The molecule has 4 nitrogen and oxygen atoms in total. The molecular weight excluding hydrogens is 380 g/mol. The smallest absolute Gasteiger partial charge is 0.257 e. The van der Waals surface area contributed by atoms with Gasteiger partial charge in [0.05, 0.1) is 12.6 Å². The van der Waals surface area contributed by atoms with E-state index in [2.05, 4.69) is 24.5 Å². The molecule has 1 unspecified atom stereocenters. The highest BCUT2D eigenvalue weighted by molar-refractivity contribution is 7.80. The third kappa shape index (κ3) is 8.24. The maximum Gasteiger partial charge on any atom is 0.257 e. The number of hydrogen-bond donors (Lipinski definition) is 2. The highest BCUT2D eigenvalue weighted by atomic mass is 32.1. The molecule has 5 heteroatoms. The predicted octanol–water partition coefficient (Wildman–Crippen LogP) is 5.79. The fraction of sp³-hybridized carbons (Fsp3) is 0.417. The molecule has 2 aromatic carbocycles. The van der Waals surface area contributed by atoms with E-state index >= 15 is 0 Å². The summed E-state index contributed by atoms with van der Waals surface area (Å²) < 4.78 is 5.75. The molecule has 0 heterocycles. The van der Waals surface area contributed by atoms with Gasteiger partial charge >= 0.3 is 0 Å². The van der Waals surface area contributed by atoms with Gasteiger partial charge in [0.15, 0.2) is 5.11 Å². The first kappa shape index (κ1) is 22.9. The van der Waals surface area contributed by atoms with Crippen LogP contribution in [-0.2, 0) is 0 Å². The van der Waals surface area contributed by atoms with E-state index in [1.54, 1.807) is 12.1 Å². The molecule has 0 bridgehead atoms. The number of nitrogens with one attached hydrogen (secondary N) is 2. The number of hydrogen-bond acceptors (Lipinski definition) is 3. The van der Waals surface area contributed by atoms with Crippen LogP contribution in [0.25, 0.3) is 0 Å². The van der Waals surface area contributed by atoms with Gasteiger partial charge in [-0.1, -0.05) is 69.9 Å². The third-order valence-electron chi connectivity index (χ3n) is 4.78. The van der Waals surface area contributed by atoms with E-state index in [0.717, 1.165) is 24.2 Å². The first-order valence-corrected chi connectivity index (χ1v) is 10.9. The Morgan fingerprint density at radius 1 is 0.966 bits per heavy atom. The highest BCUT2D eigenvalue weighted by Crippen LogP contribution is 2.16. The second-order valence-corrected chi connectivity index (χ2v) is 7.49. The summed E-state index contributed by atoms with van der Waals surface area (Å²) >= 11 is 5.33. The zero-order valence-electron chi connectivity index (χ0n) is 17.4. The van der Waals surface area contributed by atoms with Crippen molar-refractivity contribution in [3.63, 3.8) is 0 Å². The zero-order chi connectivity index (χ0) is 20.9.